The van der Waals surface area contributed by atoms with Gasteiger partial charge in [-0.3, -0.25) is 4.79 Å². The summed E-state index contributed by atoms with van der Waals surface area (Å²) in [6.07, 6.45) is 1.60. The maximum Gasteiger partial charge on any atom is 0.253 e. The Morgan fingerprint density at radius 3 is 2.50 bits per heavy atom. The SMILES string of the molecule is CN(C(=O)C1CNCCO1)C1Cc2ccccc2C1.Cl. The minimum absolute atomic E-state index is 0. The van der Waals surface area contributed by atoms with Crippen LogP contribution in [0.25, 0.3) is 0 Å². The molecule has 1 amide bonds. The summed E-state index contributed by atoms with van der Waals surface area (Å²) in [6, 6.07) is 8.72. The summed E-state index contributed by atoms with van der Waals surface area (Å²) in [5.74, 6) is 0.102. The van der Waals surface area contributed by atoms with Crippen LogP contribution in [0.1, 0.15) is 11.1 Å². The van der Waals surface area contributed by atoms with Crippen molar-refractivity contribution < 1.29 is 9.53 Å². The molecule has 1 heterocycles. The predicted octanol–water partition coefficient (Wildman–Crippen LogP) is 1.02. The predicted molar refractivity (Wildman–Crippen MR) is 80.3 cm³/mol. The van der Waals surface area contributed by atoms with E-state index < -0.39 is 0 Å². The Bertz CT molecular complexity index is 450. The largest absolute Gasteiger partial charge is 0.366 e. The lowest BCUT2D eigenvalue weighted by Crippen LogP contribution is -2.51. The average molecular weight is 297 g/mol. The number of carbonyl (C=O) groups excluding carboxylic acids is 1. The molecule has 1 aromatic carbocycles. The van der Waals surface area contributed by atoms with E-state index in [9.17, 15) is 4.79 Å². The van der Waals surface area contributed by atoms with Crippen LogP contribution < -0.4 is 5.32 Å². The van der Waals surface area contributed by atoms with Crippen LogP contribution in [-0.2, 0) is 22.4 Å². The molecule has 1 unspecified atom stereocenters. The first-order valence-corrected chi connectivity index (χ1v) is 6.91. The van der Waals surface area contributed by atoms with E-state index in [1.807, 2.05) is 11.9 Å². The van der Waals surface area contributed by atoms with Gasteiger partial charge in [-0.2, -0.15) is 0 Å². The van der Waals surface area contributed by atoms with Gasteiger partial charge in [0, 0.05) is 26.2 Å². The van der Waals surface area contributed by atoms with E-state index in [-0.39, 0.29) is 30.5 Å². The van der Waals surface area contributed by atoms with E-state index in [0.29, 0.717) is 13.2 Å². The summed E-state index contributed by atoms with van der Waals surface area (Å²) >= 11 is 0. The molecule has 1 atom stereocenters. The Morgan fingerprint density at radius 1 is 1.30 bits per heavy atom. The van der Waals surface area contributed by atoms with Gasteiger partial charge in [0.1, 0.15) is 6.10 Å². The van der Waals surface area contributed by atoms with Crippen LogP contribution >= 0.6 is 12.4 Å². The Balaban J connectivity index is 0.00000147. The van der Waals surface area contributed by atoms with Gasteiger partial charge in [-0.1, -0.05) is 24.3 Å². The highest BCUT2D eigenvalue weighted by molar-refractivity contribution is 5.85. The minimum Gasteiger partial charge on any atom is -0.366 e. The van der Waals surface area contributed by atoms with Gasteiger partial charge in [0.25, 0.3) is 5.91 Å². The molecular weight excluding hydrogens is 276 g/mol. The number of hydrogen-bond donors (Lipinski definition) is 1. The van der Waals surface area contributed by atoms with Crippen LogP contribution in [0.15, 0.2) is 24.3 Å². The van der Waals surface area contributed by atoms with Crippen molar-refractivity contribution in [1.82, 2.24) is 10.2 Å². The number of hydrogen-bond acceptors (Lipinski definition) is 3. The molecule has 1 aliphatic heterocycles. The molecule has 0 bridgehead atoms. The lowest BCUT2D eigenvalue weighted by Gasteiger charge is -2.30. The van der Waals surface area contributed by atoms with Crippen LogP contribution in [0.5, 0.6) is 0 Å². The lowest BCUT2D eigenvalue weighted by atomic mass is 10.1. The van der Waals surface area contributed by atoms with E-state index >= 15 is 0 Å². The van der Waals surface area contributed by atoms with Crippen molar-refractivity contribution in [3.05, 3.63) is 35.4 Å². The van der Waals surface area contributed by atoms with Crippen LogP contribution in [0.3, 0.4) is 0 Å². The van der Waals surface area contributed by atoms with Crippen LogP contribution in [0.2, 0.25) is 0 Å². The van der Waals surface area contributed by atoms with E-state index in [4.69, 9.17) is 4.74 Å². The number of nitrogens with zero attached hydrogens (tertiary/aromatic N) is 1. The van der Waals surface area contributed by atoms with Gasteiger partial charge in [0.2, 0.25) is 0 Å². The van der Waals surface area contributed by atoms with Gasteiger partial charge in [-0.15, -0.1) is 12.4 Å². The third-order valence-corrected chi connectivity index (χ3v) is 4.13. The number of morpholine rings is 1. The fourth-order valence-electron chi connectivity index (χ4n) is 2.94. The second kappa shape index (κ2) is 6.57. The molecule has 0 spiro atoms. The van der Waals surface area contributed by atoms with E-state index in [2.05, 4.69) is 29.6 Å². The third kappa shape index (κ3) is 2.97. The second-order valence-electron chi connectivity index (χ2n) is 5.34. The summed E-state index contributed by atoms with van der Waals surface area (Å²) in [5, 5.41) is 3.21. The van der Waals surface area contributed by atoms with Gasteiger partial charge >= 0.3 is 0 Å². The number of halogens is 1. The summed E-state index contributed by atoms with van der Waals surface area (Å²) in [5.41, 5.74) is 2.74. The van der Waals surface area contributed by atoms with Gasteiger partial charge in [-0.25, -0.2) is 0 Å². The molecule has 1 fully saturated rings. The zero-order valence-electron chi connectivity index (χ0n) is 11.7. The Morgan fingerprint density at radius 2 is 1.95 bits per heavy atom. The Hall–Kier alpha value is -1.10. The zero-order valence-corrected chi connectivity index (χ0v) is 12.5. The number of amides is 1. The quantitative estimate of drug-likeness (QED) is 0.886. The van der Waals surface area contributed by atoms with Gasteiger partial charge in [0.15, 0.2) is 0 Å². The van der Waals surface area contributed by atoms with Gasteiger partial charge in [-0.05, 0) is 24.0 Å². The first-order valence-electron chi connectivity index (χ1n) is 6.91. The number of benzene rings is 1. The highest BCUT2D eigenvalue weighted by atomic mass is 35.5. The maximum absolute atomic E-state index is 12.4. The van der Waals surface area contributed by atoms with Crippen molar-refractivity contribution in [3.8, 4) is 0 Å². The maximum atomic E-state index is 12.4. The number of fused-ring (bicyclic) bond motifs is 1. The Kier molecular flexibility index (Phi) is 5.02. The van der Waals surface area contributed by atoms with Crippen molar-refractivity contribution >= 4 is 18.3 Å². The molecule has 0 aromatic heterocycles. The molecule has 1 aliphatic carbocycles. The molecule has 110 valence electrons. The van der Waals surface area contributed by atoms with E-state index in [1.165, 1.54) is 11.1 Å². The molecule has 4 nitrogen and oxygen atoms in total. The number of rotatable bonds is 2. The normalized spacial score (nSPS) is 21.9. The second-order valence-corrected chi connectivity index (χ2v) is 5.34. The van der Waals surface area contributed by atoms with Crippen LogP contribution in [0.4, 0.5) is 0 Å². The molecule has 2 aliphatic rings. The molecule has 5 heteroatoms. The molecule has 1 aromatic rings. The summed E-state index contributed by atoms with van der Waals surface area (Å²) in [7, 11) is 1.90. The van der Waals surface area contributed by atoms with Gasteiger partial charge < -0.3 is 15.0 Å². The van der Waals surface area contributed by atoms with Crippen LogP contribution in [-0.4, -0.2) is 49.7 Å². The topological polar surface area (TPSA) is 41.6 Å². The fourth-order valence-corrected chi connectivity index (χ4v) is 2.94. The minimum atomic E-state index is -0.317. The van der Waals surface area contributed by atoms with Crippen molar-refractivity contribution in [2.24, 2.45) is 0 Å². The number of carbonyl (C=O) groups is 1. The molecule has 1 N–H and O–H groups in total. The summed E-state index contributed by atoms with van der Waals surface area (Å²) in [6.45, 7) is 2.08. The van der Waals surface area contributed by atoms with Crippen molar-refractivity contribution in [3.63, 3.8) is 0 Å². The first-order chi connectivity index (χ1) is 9.25. The van der Waals surface area contributed by atoms with E-state index in [1.54, 1.807) is 0 Å². The summed E-state index contributed by atoms with van der Waals surface area (Å²) in [4.78, 5) is 14.3. The van der Waals surface area contributed by atoms with Gasteiger partial charge in [0.05, 0.1) is 6.61 Å². The fraction of sp³-hybridized carbons (Fsp3) is 0.533. The lowest BCUT2D eigenvalue weighted by molar-refractivity contribution is -0.145. The monoisotopic (exact) mass is 296 g/mol. The van der Waals surface area contributed by atoms with Crippen molar-refractivity contribution in [1.29, 1.82) is 0 Å². The smallest absolute Gasteiger partial charge is 0.253 e. The molecule has 3 rings (SSSR count). The third-order valence-electron chi connectivity index (χ3n) is 4.13. The van der Waals surface area contributed by atoms with Crippen molar-refractivity contribution in [2.75, 3.05) is 26.7 Å². The highest BCUT2D eigenvalue weighted by Gasteiger charge is 2.32. The van der Waals surface area contributed by atoms with Crippen LogP contribution in [0, 0.1) is 0 Å². The molecule has 1 saturated heterocycles. The molecular formula is C15H21ClN2O2. The average Bonchev–Trinajstić information content (AvgIpc) is 2.90. The van der Waals surface area contributed by atoms with E-state index in [0.717, 1.165) is 19.4 Å². The molecule has 20 heavy (non-hydrogen) atoms. The highest BCUT2D eigenvalue weighted by Crippen LogP contribution is 2.25. The summed E-state index contributed by atoms with van der Waals surface area (Å²) < 4.78 is 5.54. The zero-order chi connectivity index (χ0) is 13.2. The number of ether oxygens (including phenoxy) is 1. The Labute approximate surface area is 125 Å². The standard InChI is InChI=1S/C15H20N2O2.ClH/c1-17(15(18)14-10-16-6-7-19-14)13-8-11-4-2-3-5-12(11)9-13;/h2-5,13-14,16H,6-10H2,1H3;1H. The van der Waals surface area contributed by atoms with Crippen molar-refractivity contribution in [2.45, 2.75) is 25.0 Å². The number of likely N-dealkylation sites (N-methyl/N-ethyl adjacent to an activating group) is 1. The first kappa shape index (κ1) is 15.3. The molecule has 0 radical (unpaired) electrons. The molecule has 0 saturated carbocycles. The number of nitrogens with one attached hydrogen (secondary N) is 1.